The number of fused-ring (bicyclic) bond motifs is 3. The molecule has 0 saturated carbocycles. The van der Waals surface area contributed by atoms with Crippen LogP contribution in [-0.2, 0) is 9.53 Å². The maximum Gasteiger partial charge on any atom is 0.317 e. The summed E-state index contributed by atoms with van der Waals surface area (Å²) < 4.78 is 5.23. The van der Waals surface area contributed by atoms with Crippen molar-refractivity contribution in [2.75, 3.05) is 39.9 Å². The number of hydrogen-bond acceptors (Lipinski definition) is 4. The van der Waals surface area contributed by atoms with E-state index < -0.39 is 11.9 Å². The summed E-state index contributed by atoms with van der Waals surface area (Å²) in [6.45, 7) is 3.64. The fraction of sp³-hybridized carbons (Fsp3) is 0.857. The van der Waals surface area contributed by atoms with Crippen LogP contribution in [0.15, 0.2) is 0 Å². The van der Waals surface area contributed by atoms with Crippen LogP contribution in [0.25, 0.3) is 0 Å². The maximum atomic E-state index is 12.4. The number of carboxylic acid groups (broad SMARTS) is 1. The van der Waals surface area contributed by atoms with E-state index in [2.05, 4.69) is 10.2 Å². The van der Waals surface area contributed by atoms with E-state index in [0.29, 0.717) is 12.5 Å². The van der Waals surface area contributed by atoms with Gasteiger partial charge in [-0.05, 0) is 31.8 Å². The molecule has 0 radical (unpaired) electrons. The highest BCUT2D eigenvalue weighted by Gasteiger charge is 2.40. The van der Waals surface area contributed by atoms with Crippen molar-refractivity contribution in [3.8, 4) is 0 Å². The first-order chi connectivity index (χ1) is 10.1. The predicted molar refractivity (Wildman–Crippen MR) is 75.0 cm³/mol. The number of ether oxygens (including phenoxy) is 1. The highest BCUT2D eigenvalue weighted by atomic mass is 16.5. The van der Waals surface area contributed by atoms with Crippen molar-refractivity contribution in [1.82, 2.24) is 15.1 Å². The summed E-state index contributed by atoms with van der Waals surface area (Å²) in [4.78, 5) is 27.5. The zero-order valence-corrected chi connectivity index (χ0v) is 12.3. The Morgan fingerprint density at radius 1 is 1.29 bits per heavy atom. The minimum atomic E-state index is -0.903. The number of nitrogens with one attached hydrogen (secondary N) is 1. The van der Waals surface area contributed by atoms with E-state index in [1.807, 2.05) is 0 Å². The topological polar surface area (TPSA) is 82.1 Å². The molecule has 0 aromatic heterocycles. The van der Waals surface area contributed by atoms with E-state index in [1.54, 1.807) is 7.05 Å². The molecule has 3 unspecified atom stereocenters. The molecule has 21 heavy (non-hydrogen) atoms. The third-order valence-corrected chi connectivity index (χ3v) is 5.15. The number of likely N-dealkylation sites (N-methyl/N-ethyl adjacent to an activating group) is 1. The van der Waals surface area contributed by atoms with Gasteiger partial charge in [-0.15, -0.1) is 0 Å². The van der Waals surface area contributed by atoms with Crippen molar-refractivity contribution in [1.29, 1.82) is 0 Å². The van der Waals surface area contributed by atoms with E-state index in [0.717, 1.165) is 32.5 Å². The molecule has 3 atom stereocenters. The first-order valence-corrected chi connectivity index (χ1v) is 7.62. The van der Waals surface area contributed by atoms with Gasteiger partial charge < -0.3 is 25.0 Å². The Morgan fingerprint density at radius 2 is 2.00 bits per heavy atom. The molecule has 2 amide bonds. The van der Waals surface area contributed by atoms with E-state index in [-0.39, 0.29) is 24.7 Å². The molecule has 4 saturated heterocycles. The fourth-order valence-electron chi connectivity index (χ4n) is 3.70. The minimum Gasteiger partial charge on any atom is -0.481 e. The average Bonchev–Trinajstić information content (AvgIpc) is 2.97. The first-order valence-electron chi connectivity index (χ1n) is 7.62. The Hall–Kier alpha value is -1.34. The Kier molecular flexibility index (Phi) is 4.03. The highest BCUT2D eigenvalue weighted by Crippen LogP contribution is 2.28. The molecule has 0 spiro atoms. The van der Waals surface area contributed by atoms with Gasteiger partial charge in [-0.25, -0.2) is 4.79 Å². The van der Waals surface area contributed by atoms with Gasteiger partial charge in [0.25, 0.3) is 0 Å². The van der Waals surface area contributed by atoms with Gasteiger partial charge in [0.1, 0.15) is 5.92 Å². The standard InChI is InChI=1S/C14H23N3O4/c1-16(12-8-21-7-10(12)13(18)19)14(20)15-11-6-17-4-2-9(11)3-5-17/h9-12H,2-8H2,1H3,(H,15,20)(H,18,19). The van der Waals surface area contributed by atoms with Crippen LogP contribution in [0, 0.1) is 11.8 Å². The lowest BCUT2D eigenvalue weighted by Gasteiger charge is -2.45. The van der Waals surface area contributed by atoms with Crippen molar-refractivity contribution in [2.45, 2.75) is 24.9 Å². The van der Waals surface area contributed by atoms with Gasteiger partial charge in [0, 0.05) is 19.6 Å². The van der Waals surface area contributed by atoms with Crippen molar-refractivity contribution in [3.63, 3.8) is 0 Å². The van der Waals surface area contributed by atoms with Crippen LogP contribution in [0.3, 0.4) is 0 Å². The molecule has 7 heteroatoms. The zero-order chi connectivity index (χ0) is 15.0. The summed E-state index contributed by atoms with van der Waals surface area (Å²) >= 11 is 0. The van der Waals surface area contributed by atoms with Gasteiger partial charge in [-0.2, -0.15) is 0 Å². The molecule has 4 heterocycles. The monoisotopic (exact) mass is 297 g/mol. The second-order valence-electron chi connectivity index (χ2n) is 6.35. The number of rotatable bonds is 3. The second-order valence-corrected chi connectivity index (χ2v) is 6.35. The second kappa shape index (κ2) is 5.81. The Balaban J connectivity index is 1.58. The van der Waals surface area contributed by atoms with Gasteiger partial charge in [0.15, 0.2) is 0 Å². The average molecular weight is 297 g/mol. The number of aliphatic carboxylic acids is 1. The number of carbonyl (C=O) groups excluding carboxylic acids is 1. The van der Waals surface area contributed by atoms with Crippen LogP contribution in [0.5, 0.6) is 0 Å². The van der Waals surface area contributed by atoms with E-state index in [4.69, 9.17) is 4.74 Å². The van der Waals surface area contributed by atoms with Crippen LogP contribution < -0.4 is 5.32 Å². The molecular formula is C14H23N3O4. The summed E-state index contributed by atoms with van der Waals surface area (Å²) in [5, 5.41) is 12.3. The maximum absolute atomic E-state index is 12.4. The van der Waals surface area contributed by atoms with Crippen LogP contribution in [0.4, 0.5) is 4.79 Å². The lowest BCUT2D eigenvalue weighted by molar-refractivity contribution is -0.142. The van der Waals surface area contributed by atoms with Crippen molar-refractivity contribution < 1.29 is 19.4 Å². The largest absolute Gasteiger partial charge is 0.481 e. The Labute approximate surface area is 124 Å². The number of piperidine rings is 3. The lowest BCUT2D eigenvalue weighted by Crippen LogP contribution is -2.60. The van der Waals surface area contributed by atoms with E-state index >= 15 is 0 Å². The molecule has 0 aliphatic carbocycles. The summed E-state index contributed by atoms with van der Waals surface area (Å²) in [5.41, 5.74) is 0. The number of carbonyl (C=O) groups is 2. The van der Waals surface area contributed by atoms with Gasteiger partial charge in [-0.3, -0.25) is 4.79 Å². The van der Waals surface area contributed by atoms with Crippen LogP contribution >= 0.6 is 0 Å². The summed E-state index contributed by atoms with van der Waals surface area (Å²) in [7, 11) is 1.66. The fourth-order valence-corrected chi connectivity index (χ4v) is 3.70. The quantitative estimate of drug-likeness (QED) is 0.755. The molecule has 2 N–H and O–H groups in total. The zero-order valence-electron chi connectivity index (χ0n) is 12.3. The molecule has 4 rings (SSSR count). The molecule has 4 aliphatic heterocycles. The molecule has 0 aromatic rings. The Morgan fingerprint density at radius 3 is 2.57 bits per heavy atom. The number of hydrogen-bond donors (Lipinski definition) is 2. The predicted octanol–water partition coefficient (Wildman–Crippen LogP) is -0.178. The van der Waals surface area contributed by atoms with Crippen LogP contribution in [0.1, 0.15) is 12.8 Å². The third-order valence-electron chi connectivity index (χ3n) is 5.15. The van der Waals surface area contributed by atoms with Crippen molar-refractivity contribution >= 4 is 12.0 Å². The summed E-state index contributed by atoms with van der Waals surface area (Å²) in [6.07, 6.45) is 2.28. The molecule has 7 nitrogen and oxygen atoms in total. The molecule has 118 valence electrons. The van der Waals surface area contributed by atoms with E-state index in [9.17, 15) is 14.7 Å². The van der Waals surface area contributed by atoms with Gasteiger partial charge >= 0.3 is 12.0 Å². The molecule has 0 aromatic carbocycles. The van der Waals surface area contributed by atoms with Crippen molar-refractivity contribution in [2.24, 2.45) is 11.8 Å². The number of nitrogens with zero attached hydrogens (tertiary/aromatic N) is 2. The lowest BCUT2D eigenvalue weighted by atomic mass is 9.84. The van der Waals surface area contributed by atoms with Gasteiger partial charge in [-0.1, -0.05) is 0 Å². The van der Waals surface area contributed by atoms with Gasteiger partial charge in [0.05, 0.1) is 19.3 Å². The Bertz CT molecular complexity index is 422. The number of urea groups is 1. The molecule has 2 bridgehead atoms. The SMILES string of the molecule is CN(C(=O)NC1CN2CCC1CC2)C1COCC1C(=O)O. The molecule has 4 fully saturated rings. The first kappa shape index (κ1) is 14.6. The smallest absolute Gasteiger partial charge is 0.317 e. The summed E-state index contributed by atoms with van der Waals surface area (Å²) in [6, 6.07) is -0.382. The molecular weight excluding hydrogens is 274 g/mol. The highest BCUT2D eigenvalue weighted by molar-refractivity contribution is 5.77. The number of amides is 2. The van der Waals surface area contributed by atoms with Gasteiger partial charge in [0.2, 0.25) is 0 Å². The third kappa shape index (κ3) is 2.85. The van der Waals surface area contributed by atoms with Crippen molar-refractivity contribution in [3.05, 3.63) is 0 Å². The van der Waals surface area contributed by atoms with E-state index in [1.165, 1.54) is 4.90 Å². The summed E-state index contributed by atoms with van der Waals surface area (Å²) in [5.74, 6) is -0.977. The minimum absolute atomic E-state index is 0.178. The van der Waals surface area contributed by atoms with Crippen LogP contribution in [0.2, 0.25) is 0 Å². The number of carboxylic acids is 1. The molecule has 4 aliphatic rings. The normalized spacial score (nSPS) is 38.2. The van der Waals surface area contributed by atoms with Crippen LogP contribution in [-0.4, -0.2) is 78.9 Å².